The van der Waals surface area contributed by atoms with Gasteiger partial charge in [-0.15, -0.1) is 0 Å². The summed E-state index contributed by atoms with van der Waals surface area (Å²) in [6.45, 7) is 4.62. The van der Waals surface area contributed by atoms with Gasteiger partial charge in [0.05, 0.1) is 0 Å². The molecule has 1 aliphatic rings. The average Bonchev–Trinajstić information content (AvgIpc) is 2.39. The maximum atomic E-state index is 9.85. The summed E-state index contributed by atoms with van der Waals surface area (Å²) in [7, 11) is 2.17. The van der Waals surface area contributed by atoms with Crippen LogP contribution in [-0.4, -0.2) is 30.2 Å². The first-order valence-corrected chi connectivity index (χ1v) is 7.47. The van der Waals surface area contributed by atoms with Crippen LogP contribution in [0.1, 0.15) is 38.2 Å². The van der Waals surface area contributed by atoms with Crippen molar-refractivity contribution in [3.63, 3.8) is 0 Å². The number of nitrogens with zero attached hydrogens (tertiary/aromatic N) is 1. The van der Waals surface area contributed by atoms with Crippen LogP contribution in [0.3, 0.4) is 0 Å². The molecule has 2 heteroatoms. The Kier molecular flexibility index (Phi) is 5.00. The molecule has 1 aromatic rings. The Balaban J connectivity index is 1.94. The summed E-state index contributed by atoms with van der Waals surface area (Å²) >= 11 is 0. The summed E-state index contributed by atoms with van der Waals surface area (Å²) in [5.74, 6) is 0.756. The standard InChI is InChI=1S/C17H27NO/c1-15-7-6-10-17(11-15,14-19)13-18(2)12-16-8-4-3-5-9-16/h3-5,8-9,15,19H,6-7,10-14H2,1-2H3. The second-order valence-electron chi connectivity index (χ2n) is 6.52. The zero-order valence-electron chi connectivity index (χ0n) is 12.3. The van der Waals surface area contributed by atoms with Crippen LogP contribution in [0.4, 0.5) is 0 Å². The van der Waals surface area contributed by atoms with Crippen LogP contribution in [0.5, 0.6) is 0 Å². The van der Waals surface area contributed by atoms with Crippen molar-refractivity contribution in [1.29, 1.82) is 0 Å². The third-order valence-electron chi connectivity index (χ3n) is 4.42. The van der Waals surface area contributed by atoms with Crippen LogP contribution in [0, 0.1) is 11.3 Å². The summed E-state index contributed by atoms with van der Waals surface area (Å²) in [5.41, 5.74) is 1.48. The minimum atomic E-state index is 0.126. The molecule has 1 saturated carbocycles. The van der Waals surface area contributed by atoms with Crippen molar-refractivity contribution in [2.75, 3.05) is 20.2 Å². The largest absolute Gasteiger partial charge is 0.396 e. The molecule has 0 heterocycles. The van der Waals surface area contributed by atoms with E-state index in [1.54, 1.807) is 0 Å². The third kappa shape index (κ3) is 4.05. The molecule has 19 heavy (non-hydrogen) atoms. The minimum Gasteiger partial charge on any atom is -0.396 e. The first-order valence-electron chi connectivity index (χ1n) is 7.47. The first kappa shape index (κ1) is 14.5. The molecule has 0 spiro atoms. The van der Waals surface area contributed by atoms with E-state index >= 15 is 0 Å². The fourth-order valence-corrected chi connectivity index (χ4v) is 3.63. The lowest BCUT2D eigenvalue weighted by molar-refractivity contribution is 0.0290. The molecule has 0 radical (unpaired) electrons. The van der Waals surface area contributed by atoms with Gasteiger partial charge in [0.1, 0.15) is 0 Å². The Labute approximate surface area is 117 Å². The van der Waals surface area contributed by atoms with E-state index in [4.69, 9.17) is 0 Å². The molecule has 1 N–H and O–H groups in total. The van der Waals surface area contributed by atoms with E-state index in [2.05, 4.69) is 49.2 Å². The van der Waals surface area contributed by atoms with Gasteiger partial charge in [-0.05, 0) is 31.4 Å². The lowest BCUT2D eigenvalue weighted by Crippen LogP contribution is -2.41. The maximum absolute atomic E-state index is 9.85. The van der Waals surface area contributed by atoms with Crippen molar-refractivity contribution < 1.29 is 5.11 Å². The van der Waals surface area contributed by atoms with E-state index in [0.29, 0.717) is 6.61 Å². The van der Waals surface area contributed by atoms with Gasteiger partial charge in [-0.2, -0.15) is 0 Å². The number of aliphatic hydroxyl groups excluding tert-OH is 1. The highest BCUT2D eigenvalue weighted by molar-refractivity contribution is 5.14. The Morgan fingerprint density at radius 3 is 2.68 bits per heavy atom. The predicted molar refractivity (Wildman–Crippen MR) is 79.9 cm³/mol. The molecule has 2 nitrogen and oxygen atoms in total. The topological polar surface area (TPSA) is 23.5 Å². The van der Waals surface area contributed by atoms with Gasteiger partial charge in [-0.25, -0.2) is 0 Å². The van der Waals surface area contributed by atoms with Crippen LogP contribution < -0.4 is 0 Å². The number of hydrogen-bond donors (Lipinski definition) is 1. The number of hydrogen-bond acceptors (Lipinski definition) is 2. The van der Waals surface area contributed by atoms with Crippen molar-refractivity contribution >= 4 is 0 Å². The summed E-state index contributed by atoms with van der Waals surface area (Å²) in [5, 5.41) is 9.85. The van der Waals surface area contributed by atoms with Gasteiger partial charge < -0.3 is 10.0 Å². The highest BCUT2D eigenvalue weighted by Gasteiger charge is 2.35. The van der Waals surface area contributed by atoms with Gasteiger partial charge in [-0.1, -0.05) is 50.1 Å². The second kappa shape index (κ2) is 6.53. The summed E-state index contributed by atoms with van der Waals surface area (Å²) < 4.78 is 0. The Morgan fingerprint density at radius 1 is 1.32 bits per heavy atom. The van der Waals surface area contributed by atoms with Crippen molar-refractivity contribution in [1.82, 2.24) is 4.90 Å². The molecule has 1 aromatic carbocycles. The van der Waals surface area contributed by atoms with E-state index in [9.17, 15) is 5.11 Å². The van der Waals surface area contributed by atoms with Crippen LogP contribution in [-0.2, 0) is 6.54 Å². The normalized spacial score (nSPS) is 27.7. The molecule has 0 aliphatic heterocycles. The van der Waals surface area contributed by atoms with E-state index in [-0.39, 0.29) is 5.41 Å². The molecule has 1 aliphatic carbocycles. The van der Waals surface area contributed by atoms with E-state index in [1.807, 2.05) is 0 Å². The third-order valence-corrected chi connectivity index (χ3v) is 4.42. The Bertz CT molecular complexity index is 378. The van der Waals surface area contributed by atoms with Crippen LogP contribution in [0.15, 0.2) is 30.3 Å². The highest BCUT2D eigenvalue weighted by atomic mass is 16.3. The van der Waals surface area contributed by atoms with Crippen LogP contribution in [0.2, 0.25) is 0 Å². The van der Waals surface area contributed by atoms with Gasteiger partial charge in [-0.3, -0.25) is 0 Å². The molecular formula is C17H27NO. The zero-order valence-corrected chi connectivity index (χ0v) is 12.3. The zero-order chi connectivity index (χ0) is 13.7. The Hall–Kier alpha value is -0.860. The van der Waals surface area contributed by atoms with Crippen molar-refractivity contribution in [2.24, 2.45) is 11.3 Å². The first-order chi connectivity index (χ1) is 9.13. The summed E-state index contributed by atoms with van der Waals surface area (Å²) in [6.07, 6.45) is 4.93. The van der Waals surface area contributed by atoms with Crippen LogP contribution in [0.25, 0.3) is 0 Å². The van der Waals surface area contributed by atoms with Gasteiger partial charge >= 0.3 is 0 Å². The van der Waals surface area contributed by atoms with Gasteiger partial charge in [0.25, 0.3) is 0 Å². The van der Waals surface area contributed by atoms with Gasteiger partial charge in [0.2, 0.25) is 0 Å². The molecule has 1 fully saturated rings. The maximum Gasteiger partial charge on any atom is 0.0499 e. The molecule has 2 atom stereocenters. The smallest absolute Gasteiger partial charge is 0.0499 e. The van der Waals surface area contributed by atoms with Crippen molar-refractivity contribution in [2.45, 2.75) is 39.2 Å². The van der Waals surface area contributed by atoms with E-state index < -0.39 is 0 Å². The molecule has 0 aromatic heterocycles. The molecule has 0 bridgehead atoms. The summed E-state index contributed by atoms with van der Waals surface area (Å²) in [6, 6.07) is 10.6. The van der Waals surface area contributed by atoms with Crippen LogP contribution >= 0.6 is 0 Å². The monoisotopic (exact) mass is 261 g/mol. The highest BCUT2D eigenvalue weighted by Crippen LogP contribution is 2.39. The SMILES string of the molecule is CC1CCCC(CO)(CN(C)Cc2ccccc2)C1. The van der Waals surface area contributed by atoms with E-state index in [0.717, 1.165) is 19.0 Å². The predicted octanol–water partition coefficient (Wildman–Crippen LogP) is 3.31. The van der Waals surface area contributed by atoms with E-state index in [1.165, 1.54) is 31.2 Å². The number of benzene rings is 1. The molecular weight excluding hydrogens is 234 g/mol. The molecule has 2 rings (SSSR count). The van der Waals surface area contributed by atoms with Gasteiger partial charge in [0.15, 0.2) is 0 Å². The lowest BCUT2D eigenvalue weighted by atomic mass is 9.70. The van der Waals surface area contributed by atoms with Crippen molar-refractivity contribution in [3.8, 4) is 0 Å². The fraction of sp³-hybridized carbons (Fsp3) is 0.647. The Morgan fingerprint density at radius 2 is 2.05 bits per heavy atom. The molecule has 106 valence electrons. The second-order valence-corrected chi connectivity index (χ2v) is 6.52. The van der Waals surface area contributed by atoms with Crippen molar-refractivity contribution in [3.05, 3.63) is 35.9 Å². The molecule has 0 amide bonds. The molecule has 2 unspecified atom stereocenters. The minimum absolute atomic E-state index is 0.126. The quantitative estimate of drug-likeness (QED) is 0.879. The summed E-state index contributed by atoms with van der Waals surface area (Å²) in [4.78, 5) is 2.36. The number of aliphatic hydroxyl groups is 1. The van der Waals surface area contributed by atoms with Gasteiger partial charge in [0, 0.05) is 25.1 Å². The molecule has 0 saturated heterocycles. The fourth-order valence-electron chi connectivity index (χ4n) is 3.63. The lowest BCUT2D eigenvalue weighted by Gasteiger charge is -2.41. The average molecular weight is 261 g/mol. The number of rotatable bonds is 5.